The summed E-state index contributed by atoms with van der Waals surface area (Å²) in [5.74, 6) is 1.91. The molecule has 3 rings (SSSR count). The number of nitrogens with zero attached hydrogens (tertiary/aromatic N) is 3. The second-order valence-electron chi connectivity index (χ2n) is 6.44. The Hall–Kier alpha value is -1.59. The average molecular weight is 292 g/mol. The van der Waals surface area contributed by atoms with Crippen LogP contribution in [0.2, 0.25) is 0 Å². The van der Waals surface area contributed by atoms with Crippen molar-refractivity contribution in [1.82, 2.24) is 20.3 Å². The SMILES string of the molecule is CNC(=O)OC[C@@H]1[C@@H]2CCc3c(nnn3C(C)C)CC[C@@H]21. The number of aromatic nitrogens is 3. The second-order valence-corrected chi connectivity index (χ2v) is 6.44. The predicted molar refractivity (Wildman–Crippen MR) is 77.9 cm³/mol. The highest BCUT2D eigenvalue weighted by molar-refractivity contribution is 5.66. The molecule has 0 radical (unpaired) electrons. The van der Waals surface area contributed by atoms with E-state index >= 15 is 0 Å². The number of carbonyl (C=O) groups excluding carboxylic acids is 1. The van der Waals surface area contributed by atoms with E-state index in [-0.39, 0.29) is 6.09 Å². The van der Waals surface area contributed by atoms with Crippen LogP contribution in [-0.4, -0.2) is 34.7 Å². The summed E-state index contributed by atoms with van der Waals surface area (Å²) in [5, 5.41) is 11.2. The molecule has 1 aromatic heterocycles. The molecule has 6 heteroatoms. The minimum atomic E-state index is -0.324. The fourth-order valence-electron chi connectivity index (χ4n) is 3.69. The van der Waals surface area contributed by atoms with E-state index < -0.39 is 0 Å². The Labute approximate surface area is 125 Å². The standard InChI is InChI=1S/C15H24N4O2/c1-9(2)19-14-7-5-11-10(4-6-13(14)17-18-19)12(11)8-21-15(20)16-3/h9-12H,4-8H2,1-3H3,(H,16,20)/t10-,11+,12-/m0/s1. The second kappa shape index (κ2) is 5.66. The van der Waals surface area contributed by atoms with Crippen molar-refractivity contribution in [3.8, 4) is 0 Å². The third-order valence-electron chi connectivity index (χ3n) is 4.91. The summed E-state index contributed by atoms with van der Waals surface area (Å²) in [6, 6.07) is 0.364. The van der Waals surface area contributed by atoms with Gasteiger partial charge in [0, 0.05) is 13.1 Å². The number of rotatable bonds is 3. The van der Waals surface area contributed by atoms with Gasteiger partial charge in [-0.25, -0.2) is 9.48 Å². The summed E-state index contributed by atoms with van der Waals surface area (Å²) in [7, 11) is 1.60. The van der Waals surface area contributed by atoms with Crippen LogP contribution in [0.1, 0.15) is 44.1 Å². The Morgan fingerprint density at radius 2 is 2.10 bits per heavy atom. The summed E-state index contributed by atoms with van der Waals surface area (Å²) < 4.78 is 7.29. The minimum absolute atomic E-state index is 0.324. The summed E-state index contributed by atoms with van der Waals surface area (Å²) in [6.07, 6.45) is 4.00. The van der Waals surface area contributed by atoms with Crippen molar-refractivity contribution in [2.24, 2.45) is 17.8 Å². The zero-order chi connectivity index (χ0) is 15.0. The molecule has 116 valence electrons. The van der Waals surface area contributed by atoms with Gasteiger partial charge in [-0.15, -0.1) is 5.10 Å². The number of amides is 1. The van der Waals surface area contributed by atoms with Gasteiger partial charge in [0.1, 0.15) is 0 Å². The van der Waals surface area contributed by atoms with Crippen molar-refractivity contribution < 1.29 is 9.53 Å². The monoisotopic (exact) mass is 292 g/mol. The van der Waals surface area contributed by atoms with E-state index in [1.807, 2.05) is 0 Å². The van der Waals surface area contributed by atoms with Crippen molar-refractivity contribution in [2.75, 3.05) is 13.7 Å². The first-order valence-corrected chi connectivity index (χ1v) is 7.89. The van der Waals surface area contributed by atoms with Crippen LogP contribution in [0.3, 0.4) is 0 Å². The summed E-state index contributed by atoms with van der Waals surface area (Å²) in [5.41, 5.74) is 2.47. The van der Waals surface area contributed by atoms with E-state index in [0.717, 1.165) is 25.7 Å². The molecule has 1 saturated carbocycles. The number of nitrogens with one attached hydrogen (secondary N) is 1. The van der Waals surface area contributed by atoms with E-state index in [1.165, 1.54) is 11.4 Å². The zero-order valence-corrected chi connectivity index (χ0v) is 13.0. The van der Waals surface area contributed by atoms with Gasteiger partial charge in [-0.05, 0) is 57.3 Å². The minimum Gasteiger partial charge on any atom is -0.449 e. The molecule has 2 aliphatic carbocycles. The van der Waals surface area contributed by atoms with Crippen molar-refractivity contribution in [2.45, 2.75) is 45.6 Å². The molecule has 6 nitrogen and oxygen atoms in total. The van der Waals surface area contributed by atoms with Crippen molar-refractivity contribution >= 4 is 6.09 Å². The van der Waals surface area contributed by atoms with E-state index in [4.69, 9.17) is 4.74 Å². The first kappa shape index (κ1) is 14.4. The lowest BCUT2D eigenvalue weighted by atomic mass is 10.0. The van der Waals surface area contributed by atoms with E-state index in [1.54, 1.807) is 7.05 Å². The van der Waals surface area contributed by atoms with Crippen molar-refractivity contribution in [3.63, 3.8) is 0 Å². The van der Waals surface area contributed by atoms with Crippen LogP contribution in [0.25, 0.3) is 0 Å². The van der Waals surface area contributed by atoms with Gasteiger partial charge in [0.25, 0.3) is 0 Å². The summed E-state index contributed by atoms with van der Waals surface area (Å²) in [4.78, 5) is 11.2. The number of ether oxygens (including phenoxy) is 1. The van der Waals surface area contributed by atoms with Crippen LogP contribution in [0.4, 0.5) is 4.79 Å². The summed E-state index contributed by atoms with van der Waals surface area (Å²) >= 11 is 0. The van der Waals surface area contributed by atoms with E-state index in [0.29, 0.717) is 30.4 Å². The van der Waals surface area contributed by atoms with Gasteiger partial charge in [-0.2, -0.15) is 0 Å². The molecule has 0 aromatic carbocycles. The van der Waals surface area contributed by atoms with Crippen LogP contribution >= 0.6 is 0 Å². The number of fused-ring (bicyclic) bond motifs is 2. The van der Waals surface area contributed by atoms with Gasteiger partial charge in [0.05, 0.1) is 18.0 Å². The quantitative estimate of drug-likeness (QED) is 0.924. The molecule has 1 amide bonds. The molecule has 1 aromatic rings. The molecule has 0 spiro atoms. The smallest absolute Gasteiger partial charge is 0.406 e. The first-order valence-electron chi connectivity index (χ1n) is 7.89. The van der Waals surface area contributed by atoms with Crippen molar-refractivity contribution in [1.29, 1.82) is 0 Å². The van der Waals surface area contributed by atoms with Gasteiger partial charge in [-0.1, -0.05) is 5.21 Å². The van der Waals surface area contributed by atoms with Crippen LogP contribution in [0, 0.1) is 17.8 Å². The average Bonchev–Trinajstić information content (AvgIpc) is 2.93. The summed E-state index contributed by atoms with van der Waals surface area (Å²) in [6.45, 7) is 4.84. The van der Waals surface area contributed by atoms with Crippen LogP contribution in [0.5, 0.6) is 0 Å². The molecular formula is C15H24N4O2. The Balaban J connectivity index is 1.62. The molecule has 1 N–H and O–H groups in total. The van der Waals surface area contributed by atoms with Gasteiger partial charge >= 0.3 is 6.09 Å². The van der Waals surface area contributed by atoms with Crippen molar-refractivity contribution in [3.05, 3.63) is 11.4 Å². The molecule has 0 aliphatic heterocycles. The fraction of sp³-hybridized carbons (Fsp3) is 0.800. The predicted octanol–water partition coefficient (Wildman–Crippen LogP) is 1.96. The first-order chi connectivity index (χ1) is 10.1. The lowest BCUT2D eigenvalue weighted by Gasteiger charge is -2.12. The normalized spacial score (nSPS) is 27.3. The zero-order valence-electron chi connectivity index (χ0n) is 13.0. The molecule has 3 atom stereocenters. The number of alkyl carbamates (subject to hydrolysis) is 1. The number of hydrogen-bond acceptors (Lipinski definition) is 4. The van der Waals surface area contributed by atoms with Crippen LogP contribution in [0.15, 0.2) is 0 Å². The Morgan fingerprint density at radius 3 is 2.76 bits per heavy atom. The molecule has 0 saturated heterocycles. The van der Waals surface area contributed by atoms with Gasteiger partial charge in [0.2, 0.25) is 0 Å². The lowest BCUT2D eigenvalue weighted by Crippen LogP contribution is -2.20. The molecule has 1 fully saturated rings. The van der Waals surface area contributed by atoms with Crippen LogP contribution in [-0.2, 0) is 17.6 Å². The molecule has 0 bridgehead atoms. The molecular weight excluding hydrogens is 268 g/mol. The van der Waals surface area contributed by atoms with E-state index in [9.17, 15) is 4.79 Å². The molecule has 21 heavy (non-hydrogen) atoms. The Morgan fingerprint density at radius 1 is 1.38 bits per heavy atom. The lowest BCUT2D eigenvalue weighted by molar-refractivity contribution is 0.139. The maximum Gasteiger partial charge on any atom is 0.406 e. The number of carbonyl (C=O) groups is 1. The van der Waals surface area contributed by atoms with Gasteiger partial charge in [0.15, 0.2) is 0 Å². The van der Waals surface area contributed by atoms with Crippen LogP contribution < -0.4 is 5.32 Å². The maximum atomic E-state index is 11.2. The Kier molecular flexibility index (Phi) is 3.87. The highest BCUT2D eigenvalue weighted by Gasteiger charge is 2.50. The highest BCUT2D eigenvalue weighted by Crippen LogP contribution is 2.52. The fourth-order valence-corrected chi connectivity index (χ4v) is 3.69. The topological polar surface area (TPSA) is 69.0 Å². The third-order valence-corrected chi connectivity index (χ3v) is 4.91. The highest BCUT2D eigenvalue weighted by atomic mass is 16.5. The number of hydrogen-bond donors (Lipinski definition) is 1. The Bertz CT molecular complexity index is 526. The molecule has 0 unspecified atom stereocenters. The maximum absolute atomic E-state index is 11.2. The van der Waals surface area contributed by atoms with Gasteiger partial charge in [-0.3, -0.25) is 0 Å². The number of aryl methyl sites for hydroxylation is 1. The third kappa shape index (κ3) is 2.76. The molecule has 1 heterocycles. The van der Waals surface area contributed by atoms with E-state index in [2.05, 4.69) is 34.2 Å². The van der Waals surface area contributed by atoms with Gasteiger partial charge < -0.3 is 10.1 Å². The largest absolute Gasteiger partial charge is 0.449 e. The molecule has 2 aliphatic rings.